The lowest BCUT2D eigenvalue weighted by atomic mass is 10.1. The van der Waals surface area contributed by atoms with Gasteiger partial charge in [-0.2, -0.15) is 0 Å². The summed E-state index contributed by atoms with van der Waals surface area (Å²) in [5.41, 5.74) is 1.38. The van der Waals surface area contributed by atoms with Crippen molar-refractivity contribution in [1.82, 2.24) is 9.80 Å². The molecule has 1 aliphatic rings. The van der Waals surface area contributed by atoms with Crippen LogP contribution in [0.25, 0.3) is 0 Å². The molecule has 4 heteroatoms. The smallest absolute Gasteiger partial charge is 0.303 e. The largest absolute Gasteiger partial charge is 0.481 e. The topological polar surface area (TPSA) is 43.8 Å². The van der Waals surface area contributed by atoms with Gasteiger partial charge in [0.25, 0.3) is 0 Å². The Kier molecular flexibility index (Phi) is 6.21. The molecule has 0 radical (unpaired) electrons. The van der Waals surface area contributed by atoms with E-state index in [0.29, 0.717) is 5.92 Å². The van der Waals surface area contributed by atoms with E-state index in [4.69, 9.17) is 5.11 Å². The number of carbonyl (C=O) groups is 1. The van der Waals surface area contributed by atoms with Gasteiger partial charge in [-0.3, -0.25) is 9.69 Å². The van der Waals surface area contributed by atoms with Crippen LogP contribution in [-0.2, 0) is 11.3 Å². The summed E-state index contributed by atoms with van der Waals surface area (Å²) >= 11 is 0. The van der Waals surface area contributed by atoms with Gasteiger partial charge in [0.1, 0.15) is 0 Å². The number of likely N-dealkylation sites (tertiary alicyclic amines) is 1. The monoisotopic (exact) mass is 290 g/mol. The molecular weight excluding hydrogens is 264 g/mol. The highest BCUT2D eigenvalue weighted by Crippen LogP contribution is 2.19. The molecule has 0 saturated carbocycles. The van der Waals surface area contributed by atoms with Crippen LogP contribution in [0.5, 0.6) is 0 Å². The molecule has 0 aliphatic carbocycles. The van der Waals surface area contributed by atoms with Gasteiger partial charge in [-0.1, -0.05) is 30.3 Å². The van der Waals surface area contributed by atoms with Crippen LogP contribution in [0.15, 0.2) is 30.3 Å². The summed E-state index contributed by atoms with van der Waals surface area (Å²) in [4.78, 5) is 15.3. The normalized spacial score (nSPS) is 19.2. The van der Waals surface area contributed by atoms with Crippen LogP contribution in [0, 0.1) is 5.92 Å². The average Bonchev–Trinajstić information content (AvgIpc) is 2.86. The molecule has 116 valence electrons. The Hall–Kier alpha value is -1.39. The third kappa shape index (κ3) is 5.86. The molecule has 21 heavy (non-hydrogen) atoms. The molecule has 0 aromatic heterocycles. The number of rotatable bonds is 8. The molecule has 0 spiro atoms. The molecule has 0 bridgehead atoms. The van der Waals surface area contributed by atoms with Crippen LogP contribution in [0.1, 0.15) is 24.8 Å². The van der Waals surface area contributed by atoms with Gasteiger partial charge in [0.2, 0.25) is 0 Å². The molecule has 1 heterocycles. The van der Waals surface area contributed by atoms with Crippen molar-refractivity contribution in [3.8, 4) is 0 Å². The highest BCUT2D eigenvalue weighted by Gasteiger charge is 2.23. The van der Waals surface area contributed by atoms with Gasteiger partial charge in [-0.05, 0) is 44.5 Å². The number of aliphatic carboxylic acids is 1. The molecule has 1 saturated heterocycles. The van der Waals surface area contributed by atoms with Gasteiger partial charge in [0.15, 0.2) is 0 Å². The Bertz CT molecular complexity index is 436. The summed E-state index contributed by atoms with van der Waals surface area (Å²) in [7, 11) is 2.10. The Morgan fingerprint density at radius 3 is 2.86 bits per heavy atom. The number of nitrogens with zero attached hydrogens (tertiary/aromatic N) is 2. The Morgan fingerprint density at radius 1 is 1.38 bits per heavy atom. The van der Waals surface area contributed by atoms with Crippen molar-refractivity contribution in [2.45, 2.75) is 25.8 Å². The predicted molar refractivity (Wildman–Crippen MR) is 84.2 cm³/mol. The molecule has 1 atom stereocenters. The quantitative estimate of drug-likeness (QED) is 0.798. The third-order valence-electron chi connectivity index (χ3n) is 4.12. The Balaban J connectivity index is 1.66. The minimum atomic E-state index is -0.696. The van der Waals surface area contributed by atoms with Crippen molar-refractivity contribution in [1.29, 1.82) is 0 Å². The maximum atomic E-state index is 10.5. The first-order valence-electron chi connectivity index (χ1n) is 7.80. The van der Waals surface area contributed by atoms with E-state index in [1.54, 1.807) is 0 Å². The molecular formula is C17H26N2O2. The lowest BCUT2D eigenvalue weighted by molar-refractivity contribution is -0.137. The van der Waals surface area contributed by atoms with Gasteiger partial charge in [0.05, 0.1) is 0 Å². The molecule has 2 rings (SSSR count). The van der Waals surface area contributed by atoms with E-state index in [0.717, 1.165) is 32.6 Å². The first-order chi connectivity index (χ1) is 10.1. The minimum absolute atomic E-state index is 0.273. The second-order valence-electron chi connectivity index (χ2n) is 6.13. The van der Waals surface area contributed by atoms with E-state index in [9.17, 15) is 4.79 Å². The van der Waals surface area contributed by atoms with Crippen molar-refractivity contribution in [2.75, 3.05) is 33.2 Å². The van der Waals surface area contributed by atoms with Crippen LogP contribution < -0.4 is 0 Å². The zero-order valence-electron chi connectivity index (χ0n) is 12.9. The second-order valence-corrected chi connectivity index (χ2v) is 6.13. The fourth-order valence-electron chi connectivity index (χ4n) is 3.08. The Morgan fingerprint density at radius 2 is 2.14 bits per heavy atom. The van der Waals surface area contributed by atoms with Gasteiger partial charge in [0, 0.05) is 26.1 Å². The maximum absolute atomic E-state index is 10.5. The number of hydrogen-bond acceptors (Lipinski definition) is 3. The molecule has 1 aromatic rings. The molecule has 0 unspecified atom stereocenters. The van der Waals surface area contributed by atoms with Crippen molar-refractivity contribution in [2.24, 2.45) is 5.92 Å². The van der Waals surface area contributed by atoms with Crippen LogP contribution in [0.4, 0.5) is 0 Å². The molecule has 1 aromatic carbocycles. The fourth-order valence-corrected chi connectivity index (χ4v) is 3.08. The van der Waals surface area contributed by atoms with Crippen molar-refractivity contribution < 1.29 is 9.90 Å². The predicted octanol–water partition coefficient (Wildman–Crippen LogP) is 2.31. The summed E-state index contributed by atoms with van der Waals surface area (Å²) in [6.07, 6.45) is 2.26. The summed E-state index contributed by atoms with van der Waals surface area (Å²) in [5, 5.41) is 8.66. The standard InChI is InChI=1S/C17H26N2O2/c1-18(10-5-8-17(20)21)12-16-9-11-19(14-16)13-15-6-3-2-4-7-15/h2-4,6-7,16H,5,8-14H2,1H3,(H,20,21)/t16-/m0/s1. The van der Waals surface area contributed by atoms with E-state index in [1.807, 2.05) is 0 Å². The summed E-state index contributed by atoms with van der Waals surface area (Å²) in [6.45, 7) is 5.31. The highest BCUT2D eigenvalue weighted by molar-refractivity contribution is 5.66. The van der Waals surface area contributed by atoms with E-state index in [2.05, 4.69) is 47.2 Å². The molecule has 1 fully saturated rings. The first-order valence-corrected chi connectivity index (χ1v) is 7.80. The lowest BCUT2D eigenvalue weighted by Gasteiger charge is -2.21. The van der Waals surface area contributed by atoms with E-state index < -0.39 is 5.97 Å². The van der Waals surface area contributed by atoms with Gasteiger partial charge >= 0.3 is 5.97 Å². The second kappa shape index (κ2) is 8.15. The van der Waals surface area contributed by atoms with Crippen LogP contribution in [-0.4, -0.2) is 54.1 Å². The zero-order chi connectivity index (χ0) is 15.1. The minimum Gasteiger partial charge on any atom is -0.481 e. The Labute approximate surface area is 127 Å². The number of hydrogen-bond donors (Lipinski definition) is 1. The van der Waals surface area contributed by atoms with Gasteiger partial charge in [-0.25, -0.2) is 0 Å². The number of carboxylic acid groups (broad SMARTS) is 1. The van der Waals surface area contributed by atoms with Crippen molar-refractivity contribution >= 4 is 5.97 Å². The molecule has 4 nitrogen and oxygen atoms in total. The SMILES string of the molecule is CN(CCCC(=O)O)C[C@@H]1CCN(Cc2ccccc2)C1. The van der Waals surface area contributed by atoms with E-state index in [1.165, 1.54) is 18.5 Å². The zero-order valence-corrected chi connectivity index (χ0v) is 12.9. The first kappa shape index (κ1) is 16.0. The number of benzene rings is 1. The van der Waals surface area contributed by atoms with Gasteiger partial charge < -0.3 is 10.0 Å². The third-order valence-corrected chi connectivity index (χ3v) is 4.12. The lowest BCUT2D eigenvalue weighted by Crippen LogP contribution is -2.29. The fraction of sp³-hybridized carbons (Fsp3) is 0.588. The molecule has 1 aliphatic heterocycles. The maximum Gasteiger partial charge on any atom is 0.303 e. The summed E-state index contributed by atoms with van der Waals surface area (Å²) in [5.74, 6) is 0.0156. The van der Waals surface area contributed by atoms with E-state index in [-0.39, 0.29) is 6.42 Å². The summed E-state index contributed by atoms with van der Waals surface area (Å²) < 4.78 is 0. The molecule has 1 N–H and O–H groups in total. The number of carboxylic acids is 1. The van der Waals surface area contributed by atoms with Crippen LogP contribution >= 0.6 is 0 Å². The molecule has 0 amide bonds. The van der Waals surface area contributed by atoms with Crippen LogP contribution in [0.3, 0.4) is 0 Å². The van der Waals surface area contributed by atoms with E-state index >= 15 is 0 Å². The van der Waals surface area contributed by atoms with Gasteiger partial charge in [-0.15, -0.1) is 0 Å². The average molecular weight is 290 g/mol. The highest BCUT2D eigenvalue weighted by atomic mass is 16.4. The van der Waals surface area contributed by atoms with Crippen LogP contribution in [0.2, 0.25) is 0 Å². The van der Waals surface area contributed by atoms with Crippen molar-refractivity contribution in [3.05, 3.63) is 35.9 Å². The van der Waals surface area contributed by atoms with Crippen molar-refractivity contribution in [3.63, 3.8) is 0 Å². The summed E-state index contributed by atoms with van der Waals surface area (Å²) in [6, 6.07) is 10.6.